The molecule has 174 valence electrons. The van der Waals surface area contributed by atoms with Gasteiger partial charge in [-0.3, -0.25) is 9.59 Å². The van der Waals surface area contributed by atoms with E-state index >= 15 is 0 Å². The molecule has 0 bridgehead atoms. The lowest BCUT2D eigenvalue weighted by atomic mass is 9.96. The number of rotatable bonds is 6. The molecule has 1 fully saturated rings. The number of hydrogen-bond donors (Lipinski definition) is 2. The van der Waals surface area contributed by atoms with E-state index in [1.165, 1.54) is 6.07 Å². The molecule has 2 aromatic rings. The lowest BCUT2D eigenvalue weighted by molar-refractivity contribution is -0.128. The largest absolute Gasteiger partial charge is 0.494 e. The summed E-state index contributed by atoms with van der Waals surface area (Å²) >= 11 is 0. The van der Waals surface area contributed by atoms with Crippen LogP contribution in [0.15, 0.2) is 57.8 Å². The van der Waals surface area contributed by atoms with Crippen LogP contribution in [0.1, 0.15) is 25.3 Å². The summed E-state index contributed by atoms with van der Waals surface area (Å²) in [5.41, 5.74) is 1.17. The average molecular weight is 471 g/mol. The van der Waals surface area contributed by atoms with Crippen molar-refractivity contribution in [1.82, 2.24) is 10.2 Å². The standard InChI is InChI=1S/C23H26N4O5S/c1-2-32-18-11-9-17(10-12-18)25-21(28)14-24-23(29)16-6-5-13-27(15-16)22-19-7-3-4-8-20(19)33(30,31)26-22/h3-4,7-12,16H,2,5-6,13-15H2,1H3,(H,24,29)(H,25,28). The molecule has 1 unspecified atom stereocenters. The predicted molar refractivity (Wildman–Crippen MR) is 124 cm³/mol. The number of amidine groups is 1. The van der Waals surface area contributed by atoms with Crippen molar-refractivity contribution in [3.63, 3.8) is 0 Å². The Kier molecular flexibility index (Phi) is 6.64. The number of amides is 2. The maximum atomic E-state index is 12.7. The van der Waals surface area contributed by atoms with Gasteiger partial charge in [0, 0.05) is 24.3 Å². The Balaban J connectivity index is 1.32. The summed E-state index contributed by atoms with van der Waals surface area (Å²) in [6.07, 6.45) is 1.38. The van der Waals surface area contributed by atoms with E-state index in [1.54, 1.807) is 42.5 Å². The zero-order chi connectivity index (χ0) is 23.4. The number of benzene rings is 2. The van der Waals surface area contributed by atoms with Crippen molar-refractivity contribution >= 4 is 33.4 Å². The molecule has 1 atom stereocenters. The minimum Gasteiger partial charge on any atom is -0.494 e. The number of likely N-dealkylation sites (tertiary alicyclic amines) is 1. The monoisotopic (exact) mass is 470 g/mol. The molecular weight excluding hydrogens is 444 g/mol. The van der Waals surface area contributed by atoms with Crippen LogP contribution in [0, 0.1) is 5.92 Å². The molecule has 0 saturated carbocycles. The second-order valence-electron chi connectivity index (χ2n) is 7.89. The third kappa shape index (κ3) is 5.16. The van der Waals surface area contributed by atoms with Crippen LogP contribution in [0.3, 0.4) is 0 Å². The van der Waals surface area contributed by atoms with E-state index in [4.69, 9.17) is 4.74 Å². The van der Waals surface area contributed by atoms with Crippen LogP contribution in [0.5, 0.6) is 5.75 Å². The van der Waals surface area contributed by atoms with E-state index < -0.39 is 10.0 Å². The molecule has 1 saturated heterocycles. The second-order valence-corrected chi connectivity index (χ2v) is 9.47. The highest BCUT2D eigenvalue weighted by atomic mass is 32.2. The number of hydrogen-bond acceptors (Lipinski definition) is 6. The first-order valence-corrected chi connectivity index (χ1v) is 12.3. The molecule has 2 amide bonds. The Labute approximate surface area is 192 Å². The van der Waals surface area contributed by atoms with Crippen LogP contribution in [0.4, 0.5) is 5.69 Å². The first-order chi connectivity index (χ1) is 15.9. The van der Waals surface area contributed by atoms with Gasteiger partial charge in [0.15, 0.2) is 5.84 Å². The number of carbonyl (C=O) groups excluding carboxylic acids is 2. The normalized spacial score (nSPS) is 18.8. The van der Waals surface area contributed by atoms with Gasteiger partial charge >= 0.3 is 0 Å². The summed E-state index contributed by atoms with van der Waals surface area (Å²) in [5.74, 6) is 0.163. The van der Waals surface area contributed by atoms with E-state index in [2.05, 4.69) is 15.0 Å². The fourth-order valence-corrected chi connectivity index (χ4v) is 5.25. The highest BCUT2D eigenvalue weighted by Crippen LogP contribution is 2.29. The lowest BCUT2D eigenvalue weighted by Gasteiger charge is -2.33. The summed E-state index contributed by atoms with van der Waals surface area (Å²) in [4.78, 5) is 27.0. The smallest absolute Gasteiger partial charge is 0.285 e. The first kappa shape index (κ1) is 22.8. The Morgan fingerprint density at radius 3 is 2.67 bits per heavy atom. The molecule has 2 heterocycles. The number of carbonyl (C=O) groups is 2. The summed E-state index contributed by atoms with van der Waals surface area (Å²) in [6.45, 7) is 3.26. The van der Waals surface area contributed by atoms with E-state index in [0.717, 1.165) is 6.42 Å². The number of fused-ring (bicyclic) bond motifs is 1. The van der Waals surface area contributed by atoms with Gasteiger partial charge in [0.1, 0.15) is 10.6 Å². The minimum absolute atomic E-state index is 0.152. The maximum Gasteiger partial charge on any atom is 0.285 e. The van der Waals surface area contributed by atoms with Crippen molar-refractivity contribution in [1.29, 1.82) is 0 Å². The van der Waals surface area contributed by atoms with E-state index in [1.807, 2.05) is 11.8 Å². The van der Waals surface area contributed by atoms with Gasteiger partial charge in [-0.25, -0.2) is 0 Å². The van der Waals surface area contributed by atoms with E-state index in [-0.39, 0.29) is 29.2 Å². The molecule has 2 aromatic carbocycles. The molecule has 10 heteroatoms. The highest BCUT2D eigenvalue weighted by Gasteiger charge is 2.35. The van der Waals surface area contributed by atoms with Gasteiger partial charge in [-0.05, 0) is 56.2 Å². The van der Waals surface area contributed by atoms with Gasteiger partial charge in [-0.2, -0.15) is 8.42 Å². The molecule has 2 N–H and O–H groups in total. The van der Waals surface area contributed by atoms with E-state index in [0.29, 0.717) is 49.0 Å². The molecule has 9 nitrogen and oxygen atoms in total. The zero-order valence-corrected chi connectivity index (χ0v) is 19.1. The molecule has 4 rings (SSSR count). The lowest BCUT2D eigenvalue weighted by Crippen LogP contribution is -2.46. The number of anilines is 1. The maximum absolute atomic E-state index is 12.7. The number of piperidine rings is 1. The third-order valence-electron chi connectivity index (χ3n) is 5.58. The fourth-order valence-electron chi connectivity index (χ4n) is 4.02. The molecular formula is C23H26N4O5S. The second kappa shape index (κ2) is 9.62. The van der Waals surface area contributed by atoms with Crippen molar-refractivity contribution < 1.29 is 22.7 Å². The zero-order valence-electron chi connectivity index (χ0n) is 18.3. The molecule has 2 aliphatic heterocycles. The summed E-state index contributed by atoms with van der Waals surface area (Å²) in [6, 6.07) is 13.7. The number of sulfonamides is 1. The van der Waals surface area contributed by atoms with Crippen LogP contribution in [0.2, 0.25) is 0 Å². The molecule has 0 spiro atoms. The van der Waals surface area contributed by atoms with Gasteiger partial charge in [0.25, 0.3) is 10.0 Å². The van der Waals surface area contributed by atoms with Gasteiger partial charge in [-0.15, -0.1) is 4.40 Å². The Morgan fingerprint density at radius 1 is 1.15 bits per heavy atom. The van der Waals surface area contributed by atoms with Gasteiger partial charge in [-0.1, -0.05) is 12.1 Å². The number of ether oxygens (including phenoxy) is 1. The third-order valence-corrected chi connectivity index (χ3v) is 6.90. The summed E-state index contributed by atoms with van der Waals surface area (Å²) in [5, 5.41) is 5.43. The van der Waals surface area contributed by atoms with Crippen molar-refractivity contribution in [3.05, 3.63) is 54.1 Å². The molecule has 2 aliphatic rings. The summed E-state index contributed by atoms with van der Waals surface area (Å²) in [7, 11) is -3.71. The Bertz CT molecular complexity index is 1180. The fraction of sp³-hybridized carbons (Fsp3) is 0.348. The molecule has 0 aliphatic carbocycles. The first-order valence-electron chi connectivity index (χ1n) is 10.9. The quantitative estimate of drug-likeness (QED) is 0.667. The molecule has 0 radical (unpaired) electrons. The van der Waals surface area contributed by atoms with Crippen molar-refractivity contribution in [3.8, 4) is 5.75 Å². The van der Waals surface area contributed by atoms with Crippen LogP contribution in [-0.4, -0.2) is 57.2 Å². The van der Waals surface area contributed by atoms with Crippen LogP contribution in [-0.2, 0) is 19.6 Å². The Morgan fingerprint density at radius 2 is 1.91 bits per heavy atom. The van der Waals surface area contributed by atoms with Crippen LogP contribution >= 0.6 is 0 Å². The number of nitrogens with one attached hydrogen (secondary N) is 2. The van der Waals surface area contributed by atoms with Gasteiger partial charge in [0.2, 0.25) is 11.8 Å². The topological polar surface area (TPSA) is 117 Å². The minimum atomic E-state index is -3.71. The van der Waals surface area contributed by atoms with Crippen molar-refractivity contribution in [2.45, 2.75) is 24.7 Å². The van der Waals surface area contributed by atoms with Crippen LogP contribution < -0.4 is 15.4 Å². The predicted octanol–water partition coefficient (Wildman–Crippen LogP) is 2.00. The van der Waals surface area contributed by atoms with Gasteiger partial charge < -0.3 is 20.3 Å². The van der Waals surface area contributed by atoms with Crippen LogP contribution in [0.25, 0.3) is 0 Å². The molecule has 33 heavy (non-hydrogen) atoms. The SMILES string of the molecule is CCOc1ccc(NC(=O)CNC(=O)C2CCCN(C3=NS(=O)(=O)c4ccccc43)C2)cc1. The molecule has 0 aromatic heterocycles. The average Bonchev–Trinajstić information content (AvgIpc) is 3.10. The van der Waals surface area contributed by atoms with Crippen molar-refractivity contribution in [2.24, 2.45) is 10.3 Å². The van der Waals surface area contributed by atoms with E-state index in [9.17, 15) is 18.0 Å². The Hall–Kier alpha value is -3.40. The summed E-state index contributed by atoms with van der Waals surface area (Å²) < 4.78 is 34.0. The number of nitrogens with zero attached hydrogens (tertiary/aromatic N) is 2. The van der Waals surface area contributed by atoms with Crippen molar-refractivity contribution in [2.75, 3.05) is 31.6 Å². The van der Waals surface area contributed by atoms with Gasteiger partial charge in [0.05, 0.1) is 19.1 Å². The highest BCUT2D eigenvalue weighted by molar-refractivity contribution is 7.90.